The van der Waals surface area contributed by atoms with Gasteiger partial charge in [0.05, 0.1) is 12.0 Å². The summed E-state index contributed by atoms with van der Waals surface area (Å²) < 4.78 is 0. The highest BCUT2D eigenvalue weighted by atomic mass is 16.4. The fraction of sp³-hybridized carbons (Fsp3) is 0.900. The average Bonchev–Trinajstić information content (AvgIpc) is 2.70. The molecule has 3 nitrogen and oxygen atoms in total. The molecule has 0 heterocycles. The van der Waals surface area contributed by atoms with Crippen molar-refractivity contribution < 1.29 is 15.0 Å². The first-order valence-electron chi connectivity index (χ1n) is 13.8. The lowest BCUT2D eigenvalue weighted by atomic mass is 9.34. The zero-order valence-electron chi connectivity index (χ0n) is 22.2. The molecular formula is C30H48O3. The fourth-order valence-corrected chi connectivity index (χ4v) is 10.8. The van der Waals surface area contributed by atoms with Crippen LogP contribution in [-0.2, 0) is 4.79 Å². The maximum Gasteiger partial charge on any atom is 0.306 e. The first kappa shape index (κ1) is 23.9. The van der Waals surface area contributed by atoms with Gasteiger partial charge >= 0.3 is 5.97 Å². The van der Waals surface area contributed by atoms with Crippen molar-refractivity contribution in [2.75, 3.05) is 0 Å². The van der Waals surface area contributed by atoms with Crippen LogP contribution in [0.2, 0.25) is 0 Å². The Hall–Kier alpha value is -0.830. The van der Waals surface area contributed by atoms with Crippen LogP contribution in [0.5, 0.6) is 0 Å². The Kier molecular flexibility index (Phi) is 5.15. The van der Waals surface area contributed by atoms with Crippen LogP contribution in [-0.4, -0.2) is 22.3 Å². The van der Waals surface area contributed by atoms with Crippen LogP contribution in [0.4, 0.5) is 0 Å². The van der Waals surface area contributed by atoms with Gasteiger partial charge in [0.1, 0.15) is 0 Å². The third kappa shape index (κ3) is 3.06. The van der Waals surface area contributed by atoms with Crippen LogP contribution < -0.4 is 0 Å². The molecule has 0 amide bonds. The topological polar surface area (TPSA) is 57.5 Å². The lowest BCUT2D eigenvalue weighted by molar-refractivity contribution is -0.201. The van der Waals surface area contributed by atoms with Crippen molar-refractivity contribution in [3.05, 3.63) is 11.6 Å². The van der Waals surface area contributed by atoms with E-state index in [1.807, 2.05) is 0 Å². The van der Waals surface area contributed by atoms with E-state index >= 15 is 0 Å². The number of allylic oxidation sites excluding steroid dienone is 2. The summed E-state index contributed by atoms with van der Waals surface area (Å²) >= 11 is 0. The molecule has 0 bridgehead atoms. The molecule has 0 aromatic carbocycles. The van der Waals surface area contributed by atoms with Gasteiger partial charge in [0.15, 0.2) is 0 Å². The second kappa shape index (κ2) is 7.11. The van der Waals surface area contributed by atoms with E-state index in [0.717, 1.165) is 44.9 Å². The second-order valence-electron chi connectivity index (χ2n) is 15.0. The normalized spacial score (nSPS) is 52.4. The van der Waals surface area contributed by atoms with Crippen molar-refractivity contribution >= 4 is 5.97 Å². The number of hydrogen-bond donors (Lipinski definition) is 2. The number of fused-ring (bicyclic) bond motifs is 7. The smallest absolute Gasteiger partial charge is 0.306 e. The van der Waals surface area contributed by atoms with Crippen molar-refractivity contribution in [3.8, 4) is 0 Å². The predicted molar refractivity (Wildman–Crippen MR) is 133 cm³/mol. The standard InChI is InChI=1S/C30H48O3/c1-26(2)16-19-18(20(17-26)25(32)33)10-14-29(6)21(19)8-9-23-28(5)13-12-24(31)27(3,4)22(28)11-15-30(23,29)7/h8,18-20,22-24,31H,9-17H2,1-7H3,(H,32,33)/t18?,19-,20+,22-,23-,24-,28-,29+,30+/m0/s1. The van der Waals surface area contributed by atoms with E-state index < -0.39 is 5.97 Å². The molecule has 186 valence electrons. The Morgan fingerprint density at radius 2 is 1.61 bits per heavy atom. The maximum absolute atomic E-state index is 12.3. The van der Waals surface area contributed by atoms with Gasteiger partial charge < -0.3 is 10.2 Å². The van der Waals surface area contributed by atoms with Gasteiger partial charge in [-0.3, -0.25) is 4.79 Å². The Bertz CT molecular complexity index is 870. The molecular weight excluding hydrogens is 408 g/mol. The monoisotopic (exact) mass is 456 g/mol. The molecule has 9 atom stereocenters. The van der Waals surface area contributed by atoms with Gasteiger partial charge in [-0.25, -0.2) is 0 Å². The van der Waals surface area contributed by atoms with E-state index in [-0.39, 0.29) is 39.1 Å². The van der Waals surface area contributed by atoms with Crippen LogP contribution in [0.3, 0.4) is 0 Å². The SMILES string of the molecule is CC1(C)C[C@@H]2C3=CC[C@H]4[C@@]5(C)CC[C@H](O)C(C)(C)[C@@H]5CC[C@@]4(C)[C@]3(C)CCC2[C@H](C(=O)O)C1. The summed E-state index contributed by atoms with van der Waals surface area (Å²) in [6.45, 7) is 16.9. The minimum atomic E-state index is -0.571. The summed E-state index contributed by atoms with van der Waals surface area (Å²) in [5, 5.41) is 21.0. The number of carboxylic acid groups (broad SMARTS) is 1. The first-order valence-corrected chi connectivity index (χ1v) is 13.8. The van der Waals surface area contributed by atoms with Gasteiger partial charge in [-0.15, -0.1) is 0 Å². The Balaban J connectivity index is 1.56. The van der Waals surface area contributed by atoms with Crippen molar-refractivity contribution in [3.63, 3.8) is 0 Å². The molecule has 1 unspecified atom stereocenters. The van der Waals surface area contributed by atoms with Crippen LogP contribution in [0.15, 0.2) is 11.6 Å². The Labute approximate surface area is 201 Å². The van der Waals surface area contributed by atoms with E-state index in [1.54, 1.807) is 5.57 Å². The lowest BCUT2D eigenvalue weighted by Crippen LogP contribution is -2.64. The molecule has 0 radical (unpaired) electrons. The molecule has 4 saturated carbocycles. The number of aliphatic hydroxyl groups excluding tert-OH is 1. The highest BCUT2D eigenvalue weighted by molar-refractivity contribution is 5.71. The minimum Gasteiger partial charge on any atom is -0.481 e. The number of aliphatic carboxylic acids is 1. The number of hydrogen-bond acceptors (Lipinski definition) is 2. The van der Waals surface area contributed by atoms with Crippen molar-refractivity contribution in [2.24, 2.45) is 56.7 Å². The molecule has 0 saturated heterocycles. The summed E-state index contributed by atoms with van der Waals surface area (Å²) in [4.78, 5) is 12.3. The van der Waals surface area contributed by atoms with Gasteiger partial charge in [-0.1, -0.05) is 60.1 Å². The molecule has 2 N–H and O–H groups in total. The summed E-state index contributed by atoms with van der Waals surface area (Å²) in [7, 11) is 0. The molecule has 0 aliphatic heterocycles. The zero-order valence-corrected chi connectivity index (χ0v) is 22.2. The number of carboxylic acids is 1. The molecule has 0 aromatic heterocycles. The van der Waals surface area contributed by atoms with Crippen LogP contribution in [0.25, 0.3) is 0 Å². The van der Waals surface area contributed by atoms with E-state index in [1.165, 1.54) is 12.8 Å². The first-order chi connectivity index (χ1) is 15.2. The van der Waals surface area contributed by atoms with Crippen LogP contribution in [0.1, 0.15) is 106 Å². The van der Waals surface area contributed by atoms with Gasteiger partial charge in [0.25, 0.3) is 0 Å². The molecule has 5 rings (SSSR count). The minimum absolute atomic E-state index is 0.0149. The fourth-order valence-electron chi connectivity index (χ4n) is 10.8. The van der Waals surface area contributed by atoms with Gasteiger partial charge in [0, 0.05) is 0 Å². The molecule has 33 heavy (non-hydrogen) atoms. The molecule has 4 fully saturated rings. The van der Waals surface area contributed by atoms with E-state index in [2.05, 4.69) is 54.5 Å². The molecule has 5 aliphatic rings. The summed E-state index contributed by atoms with van der Waals surface area (Å²) in [6.07, 6.45) is 12.3. The maximum atomic E-state index is 12.3. The number of aliphatic hydroxyl groups is 1. The zero-order chi connectivity index (χ0) is 24.2. The quantitative estimate of drug-likeness (QED) is 0.414. The highest BCUT2D eigenvalue weighted by Crippen LogP contribution is 2.74. The van der Waals surface area contributed by atoms with Gasteiger partial charge in [0.2, 0.25) is 0 Å². The average molecular weight is 457 g/mol. The Morgan fingerprint density at radius 3 is 2.27 bits per heavy atom. The predicted octanol–water partition coefficient (Wildman–Crippen LogP) is 7.09. The summed E-state index contributed by atoms with van der Waals surface area (Å²) in [5.41, 5.74) is 2.40. The third-order valence-electron chi connectivity index (χ3n) is 12.8. The van der Waals surface area contributed by atoms with Crippen LogP contribution >= 0.6 is 0 Å². The molecule has 5 aliphatic carbocycles. The summed E-state index contributed by atoms with van der Waals surface area (Å²) in [5.74, 6) is 1.20. The van der Waals surface area contributed by atoms with E-state index in [9.17, 15) is 15.0 Å². The van der Waals surface area contributed by atoms with E-state index in [4.69, 9.17) is 0 Å². The van der Waals surface area contributed by atoms with Crippen molar-refractivity contribution in [2.45, 2.75) is 112 Å². The highest BCUT2D eigenvalue weighted by Gasteiger charge is 2.67. The third-order valence-corrected chi connectivity index (χ3v) is 12.8. The lowest BCUT2D eigenvalue weighted by Gasteiger charge is -2.70. The van der Waals surface area contributed by atoms with Crippen molar-refractivity contribution in [1.29, 1.82) is 0 Å². The van der Waals surface area contributed by atoms with Gasteiger partial charge in [-0.2, -0.15) is 0 Å². The van der Waals surface area contributed by atoms with E-state index in [0.29, 0.717) is 23.7 Å². The number of carbonyl (C=O) groups is 1. The van der Waals surface area contributed by atoms with Crippen LogP contribution in [0, 0.1) is 56.7 Å². The Morgan fingerprint density at radius 1 is 0.909 bits per heavy atom. The molecule has 0 aromatic rings. The second-order valence-corrected chi connectivity index (χ2v) is 15.0. The van der Waals surface area contributed by atoms with Gasteiger partial charge in [-0.05, 0) is 109 Å². The molecule has 3 heteroatoms. The summed E-state index contributed by atoms with van der Waals surface area (Å²) in [6, 6.07) is 0. The van der Waals surface area contributed by atoms with Crippen molar-refractivity contribution in [1.82, 2.24) is 0 Å². The number of rotatable bonds is 1. The largest absolute Gasteiger partial charge is 0.481 e. The molecule has 0 spiro atoms.